The number of quaternary nitrogens is 1. The SMILES string of the molecule is CCCCCCCC[N+](C)(C)CCOc1ccc(Cl)cc1Cc1ccccc1.[Br-]. The molecule has 162 valence electrons. The first-order chi connectivity index (χ1) is 13.5. The number of hydrogen-bond donors (Lipinski definition) is 0. The molecule has 29 heavy (non-hydrogen) atoms. The van der Waals surface area contributed by atoms with Crippen LogP contribution in [-0.2, 0) is 6.42 Å². The zero-order chi connectivity index (χ0) is 20.2. The average Bonchev–Trinajstić information content (AvgIpc) is 2.67. The van der Waals surface area contributed by atoms with Crippen LogP contribution in [0, 0.1) is 0 Å². The molecule has 2 nitrogen and oxygen atoms in total. The molecule has 0 atom stereocenters. The lowest BCUT2D eigenvalue weighted by atomic mass is 10.0. The van der Waals surface area contributed by atoms with Gasteiger partial charge in [-0.25, -0.2) is 0 Å². The van der Waals surface area contributed by atoms with Gasteiger partial charge in [0.1, 0.15) is 18.9 Å². The summed E-state index contributed by atoms with van der Waals surface area (Å²) in [4.78, 5) is 0. The summed E-state index contributed by atoms with van der Waals surface area (Å²) in [6.45, 7) is 5.23. The molecule has 0 spiro atoms. The fourth-order valence-corrected chi connectivity index (χ4v) is 3.67. The first-order valence-electron chi connectivity index (χ1n) is 10.8. The quantitative estimate of drug-likeness (QED) is 0.312. The summed E-state index contributed by atoms with van der Waals surface area (Å²) in [5.74, 6) is 0.952. The summed E-state index contributed by atoms with van der Waals surface area (Å²) in [5, 5.41) is 0.762. The number of halogens is 2. The first kappa shape index (κ1) is 26.0. The van der Waals surface area contributed by atoms with E-state index in [-0.39, 0.29) is 17.0 Å². The normalized spacial score (nSPS) is 11.2. The van der Waals surface area contributed by atoms with Crippen LogP contribution in [0.5, 0.6) is 5.75 Å². The van der Waals surface area contributed by atoms with Crippen molar-refractivity contribution in [3.8, 4) is 5.75 Å². The Balaban J connectivity index is 0.00000420. The highest BCUT2D eigenvalue weighted by Crippen LogP contribution is 2.25. The van der Waals surface area contributed by atoms with Crippen LogP contribution >= 0.6 is 11.6 Å². The van der Waals surface area contributed by atoms with Crippen molar-refractivity contribution in [3.63, 3.8) is 0 Å². The average molecular weight is 483 g/mol. The number of hydrogen-bond acceptors (Lipinski definition) is 1. The standard InChI is InChI=1S/C25H37ClNO.BrH/c1-4-5-6-7-8-12-17-27(2,3)18-19-28-25-16-15-24(26)21-23(25)20-22-13-10-9-11-14-22;/h9-11,13-16,21H,4-8,12,17-20H2,1-3H3;1H/q+1;/p-1. The molecule has 0 saturated carbocycles. The van der Waals surface area contributed by atoms with Gasteiger partial charge in [-0.1, -0.05) is 74.5 Å². The minimum atomic E-state index is 0. The molecular formula is C25H37BrClNO. The first-order valence-corrected chi connectivity index (χ1v) is 11.1. The Morgan fingerprint density at radius 3 is 2.28 bits per heavy atom. The van der Waals surface area contributed by atoms with E-state index in [4.69, 9.17) is 16.3 Å². The molecular weight excluding hydrogens is 446 g/mol. The number of ether oxygens (including phenoxy) is 1. The van der Waals surface area contributed by atoms with Gasteiger partial charge < -0.3 is 26.2 Å². The third kappa shape index (κ3) is 10.5. The molecule has 0 heterocycles. The molecule has 0 aliphatic rings. The fourth-order valence-electron chi connectivity index (χ4n) is 3.48. The smallest absolute Gasteiger partial charge is 0.137 e. The lowest BCUT2D eigenvalue weighted by Crippen LogP contribution is -3.00. The zero-order valence-corrected chi connectivity index (χ0v) is 20.6. The van der Waals surface area contributed by atoms with E-state index < -0.39 is 0 Å². The number of likely N-dealkylation sites (N-methyl/N-ethyl adjacent to an activating group) is 1. The van der Waals surface area contributed by atoms with Gasteiger partial charge >= 0.3 is 0 Å². The third-order valence-electron chi connectivity index (χ3n) is 5.33. The van der Waals surface area contributed by atoms with Gasteiger partial charge in [-0.15, -0.1) is 0 Å². The summed E-state index contributed by atoms with van der Waals surface area (Å²) >= 11 is 6.23. The van der Waals surface area contributed by atoms with Crippen molar-refractivity contribution in [1.82, 2.24) is 0 Å². The second-order valence-corrected chi connectivity index (χ2v) is 8.85. The Labute approximate surface area is 193 Å². The maximum atomic E-state index is 6.23. The van der Waals surface area contributed by atoms with Crippen molar-refractivity contribution in [2.45, 2.75) is 51.9 Å². The molecule has 2 aromatic carbocycles. The van der Waals surface area contributed by atoms with Crippen LogP contribution < -0.4 is 21.7 Å². The maximum absolute atomic E-state index is 6.23. The Hall–Kier alpha value is -1.03. The highest BCUT2D eigenvalue weighted by atomic mass is 79.9. The van der Waals surface area contributed by atoms with E-state index in [1.807, 2.05) is 24.3 Å². The highest BCUT2D eigenvalue weighted by molar-refractivity contribution is 6.30. The molecule has 0 saturated heterocycles. The van der Waals surface area contributed by atoms with Gasteiger partial charge in [0.25, 0.3) is 0 Å². The van der Waals surface area contributed by atoms with E-state index >= 15 is 0 Å². The molecule has 0 radical (unpaired) electrons. The Kier molecular flexibility index (Phi) is 12.6. The van der Waals surface area contributed by atoms with Crippen molar-refractivity contribution < 1.29 is 26.2 Å². The van der Waals surface area contributed by atoms with Crippen LogP contribution in [-0.4, -0.2) is 38.3 Å². The molecule has 2 rings (SSSR count). The van der Waals surface area contributed by atoms with E-state index in [1.165, 1.54) is 50.6 Å². The minimum Gasteiger partial charge on any atom is -1.00 e. The molecule has 0 unspecified atom stereocenters. The fraction of sp³-hybridized carbons (Fsp3) is 0.520. The zero-order valence-electron chi connectivity index (χ0n) is 18.3. The lowest BCUT2D eigenvalue weighted by molar-refractivity contribution is -0.890. The lowest BCUT2D eigenvalue weighted by Gasteiger charge is -2.30. The highest BCUT2D eigenvalue weighted by Gasteiger charge is 2.15. The Morgan fingerprint density at radius 1 is 0.862 bits per heavy atom. The van der Waals surface area contributed by atoms with E-state index in [2.05, 4.69) is 45.3 Å². The predicted octanol–water partition coefficient (Wildman–Crippen LogP) is 3.75. The number of nitrogens with zero attached hydrogens (tertiary/aromatic N) is 1. The number of benzene rings is 2. The molecule has 0 aliphatic carbocycles. The van der Waals surface area contributed by atoms with E-state index in [9.17, 15) is 0 Å². The summed E-state index contributed by atoms with van der Waals surface area (Å²) in [6, 6.07) is 16.4. The van der Waals surface area contributed by atoms with E-state index in [0.717, 1.165) is 40.4 Å². The van der Waals surface area contributed by atoms with Crippen LogP contribution in [0.3, 0.4) is 0 Å². The van der Waals surface area contributed by atoms with Crippen molar-refractivity contribution in [1.29, 1.82) is 0 Å². The molecule has 2 aromatic rings. The molecule has 0 fully saturated rings. The van der Waals surface area contributed by atoms with Crippen LogP contribution in [0.1, 0.15) is 56.6 Å². The van der Waals surface area contributed by atoms with Crippen molar-refractivity contribution in [2.24, 2.45) is 0 Å². The van der Waals surface area contributed by atoms with Crippen LogP contribution in [0.15, 0.2) is 48.5 Å². The molecule has 0 N–H and O–H groups in total. The van der Waals surface area contributed by atoms with Gasteiger partial charge in [-0.2, -0.15) is 0 Å². The van der Waals surface area contributed by atoms with E-state index in [1.54, 1.807) is 0 Å². The number of rotatable bonds is 13. The second kappa shape index (κ2) is 14.1. The van der Waals surface area contributed by atoms with Gasteiger partial charge in [0.15, 0.2) is 0 Å². The Morgan fingerprint density at radius 2 is 1.55 bits per heavy atom. The molecule has 0 amide bonds. The van der Waals surface area contributed by atoms with Crippen molar-refractivity contribution >= 4 is 11.6 Å². The summed E-state index contributed by atoms with van der Waals surface area (Å²) < 4.78 is 7.19. The largest absolute Gasteiger partial charge is 1.00 e. The summed E-state index contributed by atoms with van der Waals surface area (Å²) in [6.07, 6.45) is 8.94. The molecule has 0 aromatic heterocycles. The van der Waals surface area contributed by atoms with Gasteiger partial charge in [0, 0.05) is 11.4 Å². The molecule has 4 heteroatoms. The monoisotopic (exact) mass is 481 g/mol. The van der Waals surface area contributed by atoms with Crippen molar-refractivity contribution in [3.05, 3.63) is 64.7 Å². The van der Waals surface area contributed by atoms with Crippen LogP contribution in [0.2, 0.25) is 5.02 Å². The van der Waals surface area contributed by atoms with Gasteiger partial charge in [0.2, 0.25) is 0 Å². The third-order valence-corrected chi connectivity index (χ3v) is 5.57. The predicted molar refractivity (Wildman–Crippen MR) is 121 cm³/mol. The van der Waals surface area contributed by atoms with Gasteiger partial charge in [-0.3, -0.25) is 0 Å². The minimum absolute atomic E-state index is 0. The summed E-state index contributed by atoms with van der Waals surface area (Å²) in [5.41, 5.74) is 2.42. The van der Waals surface area contributed by atoms with Crippen LogP contribution in [0.4, 0.5) is 0 Å². The Bertz CT molecular complexity index is 690. The second-order valence-electron chi connectivity index (χ2n) is 8.41. The number of unbranched alkanes of at least 4 members (excludes halogenated alkanes) is 5. The van der Waals surface area contributed by atoms with Crippen molar-refractivity contribution in [2.75, 3.05) is 33.8 Å². The molecule has 0 bridgehead atoms. The summed E-state index contributed by atoms with van der Waals surface area (Å²) in [7, 11) is 4.62. The molecule has 0 aliphatic heterocycles. The maximum Gasteiger partial charge on any atom is 0.137 e. The topological polar surface area (TPSA) is 9.23 Å². The van der Waals surface area contributed by atoms with E-state index in [0.29, 0.717) is 0 Å². The van der Waals surface area contributed by atoms with Gasteiger partial charge in [0.05, 0.1) is 20.6 Å². The van der Waals surface area contributed by atoms with Crippen LogP contribution in [0.25, 0.3) is 0 Å². The van der Waals surface area contributed by atoms with Gasteiger partial charge in [-0.05, 0) is 42.2 Å².